The third-order valence-electron chi connectivity index (χ3n) is 4.20. The standard InChI is InChI=1S/C16H24N2O2/c1-3-13(2)18-9-7-17(8-10-18)12-14-5-4-6-15(11-14)16(19)20/h4-6,11,13H,3,7-10,12H2,1-2H3,(H,19,20). The van der Waals surface area contributed by atoms with Gasteiger partial charge in [0.25, 0.3) is 0 Å². The van der Waals surface area contributed by atoms with Gasteiger partial charge < -0.3 is 5.11 Å². The molecule has 0 radical (unpaired) electrons. The second-order valence-electron chi connectivity index (χ2n) is 5.57. The van der Waals surface area contributed by atoms with Crippen LogP contribution in [-0.4, -0.2) is 53.1 Å². The van der Waals surface area contributed by atoms with Crippen LogP contribution in [0.1, 0.15) is 36.2 Å². The predicted molar refractivity (Wildman–Crippen MR) is 80.0 cm³/mol. The van der Waals surface area contributed by atoms with Crippen molar-refractivity contribution in [3.8, 4) is 0 Å². The summed E-state index contributed by atoms with van der Waals surface area (Å²) in [5, 5.41) is 9.02. The van der Waals surface area contributed by atoms with Crippen molar-refractivity contribution in [2.24, 2.45) is 0 Å². The van der Waals surface area contributed by atoms with Crippen LogP contribution < -0.4 is 0 Å². The maximum Gasteiger partial charge on any atom is 0.335 e. The molecule has 1 aliphatic heterocycles. The van der Waals surface area contributed by atoms with Crippen LogP contribution >= 0.6 is 0 Å². The second-order valence-corrected chi connectivity index (χ2v) is 5.57. The first-order chi connectivity index (χ1) is 9.60. The molecule has 1 heterocycles. The zero-order chi connectivity index (χ0) is 14.5. The Morgan fingerprint density at radius 3 is 2.60 bits per heavy atom. The molecule has 1 aromatic rings. The lowest BCUT2D eigenvalue weighted by Gasteiger charge is -2.37. The van der Waals surface area contributed by atoms with Crippen LogP contribution in [-0.2, 0) is 6.54 Å². The average Bonchev–Trinajstić information content (AvgIpc) is 2.47. The summed E-state index contributed by atoms with van der Waals surface area (Å²) in [5.74, 6) is -0.853. The van der Waals surface area contributed by atoms with E-state index in [4.69, 9.17) is 5.11 Å². The number of piperazine rings is 1. The molecule has 4 heteroatoms. The van der Waals surface area contributed by atoms with Crippen molar-refractivity contribution in [2.75, 3.05) is 26.2 Å². The van der Waals surface area contributed by atoms with Crippen molar-refractivity contribution in [1.29, 1.82) is 0 Å². The summed E-state index contributed by atoms with van der Waals surface area (Å²) in [4.78, 5) is 15.9. The lowest BCUT2D eigenvalue weighted by molar-refractivity contribution is 0.0696. The Labute approximate surface area is 121 Å². The number of hydrogen-bond acceptors (Lipinski definition) is 3. The molecule has 0 saturated carbocycles. The molecule has 1 fully saturated rings. The Bertz CT molecular complexity index is 454. The van der Waals surface area contributed by atoms with Gasteiger partial charge in [0.15, 0.2) is 0 Å². The third kappa shape index (κ3) is 3.81. The van der Waals surface area contributed by atoms with Crippen molar-refractivity contribution in [2.45, 2.75) is 32.9 Å². The van der Waals surface area contributed by atoms with Gasteiger partial charge in [-0.1, -0.05) is 19.1 Å². The van der Waals surface area contributed by atoms with Crippen molar-refractivity contribution in [3.05, 3.63) is 35.4 Å². The monoisotopic (exact) mass is 276 g/mol. The van der Waals surface area contributed by atoms with E-state index >= 15 is 0 Å². The number of rotatable bonds is 5. The maximum atomic E-state index is 11.0. The SMILES string of the molecule is CCC(C)N1CCN(Cc2cccc(C(=O)O)c2)CC1. The van der Waals surface area contributed by atoms with E-state index in [9.17, 15) is 4.79 Å². The zero-order valence-electron chi connectivity index (χ0n) is 12.4. The van der Waals surface area contributed by atoms with E-state index in [1.165, 1.54) is 6.42 Å². The summed E-state index contributed by atoms with van der Waals surface area (Å²) in [6.45, 7) is 9.68. The highest BCUT2D eigenvalue weighted by Crippen LogP contribution is 2.13. The summed E-state index contributed by atoms with van der Waals surface area (Å²) in [5.41, 5.74) is 1.46. The lowest BCUT2D eigenvalue weighted by atomic mass is 10.1. The molecule has 1 saturated heterocycles. The summed E-state index contributed by atoms with van der Waals surface area (Å²) >= 11 is 0. The first kappa shape index (κ1) is 15.0. The van der Waals surface area contributed by atoms with E-state index in [1.807, 2.05) is 12.1 Å². The van der Waals surface area contributed by atoms with Crippen LogP contribution in [0, 0.1) is 0 Å². The second kappa shape index (κ2) is 6.86. The molecule has 0 bridgehead atoms. The van der Waals surface area contributed by atoms with Crippen LogP contribution in [0.4, 0.5) is 0 Å². The molecule has 0 aliphatic carbocycles. The Kier molecular flexibility index (Phi) is 5.15. The zero-order valence-corrected chi connectivity index (χ0v) is 12.4. The first-order valence-corrected chi connectivity index (χ1v) is 7.38. The van der Waals surface area contributed by atoms with Crippen LogP contribution in [0.3, 0.4) is 0 Å². The van der Waals surface area contributed by atoms with Gasteiger partial charge in [0, 0.05) is 38.8 Å². The van der Waals surface area contributed by atoms with Gasteiger partial charge in [0.05, 0.1) is 5.56 Å². The minimum Gasteiger partial charge on any atom is -0.478 e. The van der Waals surface area contributed by atoms with Crippen molar-refractivity contribution in [3.63, 3.8) is 0 Å². The minimum atomic E-state index is -0.853. The number of carboxylic acid groups (broad SMARTS) is 1. The largest absolute Gasteiger partial charge is 0.478 e. The molecule has 0 amide bonds. The summed E-state index contributed by atoms with van der Waals surface area (Å²) in [6, 6.07) is 7.92. The van der Waals surface area contributed by atoms with E-state index in [1.54, 1.807) is 12.1 Å². The van der Waals surface area contributed by atoms with Crippen LogP contribution in [0.15, 0.2) is 24.3 Å². The predicted octanol–water partition coefficient (Wildman–Crippen LogP) is 2.30. The highest BCUT2D eigenvalue weighted by molar-refractivity contribution is 5.87. The van der Waals surface area contributed by atoms with Gasteiger partial charge >= 0.3 is 5.97 Å². The van der Waals surface area contributed by atoms with Gasteiger partial charge in [-0.3, -0.25) is 9.80 Å². The summed E-state index contributed by atoms with van der Waals surface area (Å²) in [7, 11) is 0. The van der Waals surface area contributed by atoms with E-state index in [2.05, 4.69) is 23.6 Å². The van der Waals surface area contributed by atoms with Gasteiger partial charge in [0.2, 0.25) is 0 Å². The lowest BCUT2D eigenvalue weighted by Crippen LogP contribution is -2.48. The van der Waals surface area contributed by atoms with Gasteiger partial charge in [-0.2, -0.15) is 0 Å². The molecule has 0 spiro atoms. The van der Waals surface area contributed by atoms with Crippen LogP contribution in [0.5, 0.6) is 0 Å². The molecule has 0 aromatic heterocycles. The molecule has 2 rings (SSSR count). The quantitative estimate of drug-likeness (QED) is 0.896. The Morgan fingerprint density at radius 1 is 1.30 bits per heavy atom. The average molecular weight is 276 g/mol. The van der Waals surface area contributed by atoms with E-state index in [-0.39, 0.29) is 0 Å². The molecule has 1 aliphatic rings. The number of benzene rings is 1. The first-order valence-electron chi connectivity index (χ1n) is 7.38. The van der Waals surface area contributed by atoms with E-state index in [0.29, 0.717) is 11.6 Å². The number of hydrogen-bond donors (Lipinski definition) is 1. The summed E-state index contributed by atoms with van der Waals surface area (Å²) in [6.07, 6.45) is 1.20. The van der Waals surface area contributed by atoms with Gasteiger partial charge in [-0.05, 0) is 31.0 Å². The molecule has 1 aromatic carbocycles. The van der Waals surface area contributed by atoms with E-state index in [0.717, 1.165) is 38.3 Å². The Hall–Kier alpha value is -1.39. The maximum absolute atomic E-state index is 11.0. The van der Waals surface area contributed by atoms with Crippen molar-refractivity contribution < 1.29 is 9.90 Å². The van der Waals surface area contributed by atoms with Crippen molar-refractivity contribution >= 4 is 5.97 Å². The molecular formula is C16H24N2O2. The number of carbonyl (C=O) groups is 1. The van der Waals surface area contributed by atoms with Gasteiger partial charge in [-0.15, -0.1) is 0 Å². The topological polar surface area (TPSA) is 43.8 Å². The normalized spacial score (nSPS) is 18.9. The highest BCUT2D eigenvalue weighted by atomic mass is 16.4. The number of carboxylic acids is 1. The van der Waals surface area contributed by atoms with Gasteiger partial charge in [-0.25, -0.2) is 4.79 Å². The Morgan fingerprint density at radius 2 is 2.00 bits per heavy atom. The Balaban J connectivity index is 1.89. The highest BCUT2D eigenvalue weighted by Gasteiger charge is 2.20. The van der Waals surface area contributed by atoms with Crippen LogP contribution in [0.2, 0.25) is 0 Å². The molecule has 110 valence electrons. The van der Waals surface area contributed by atoms with Crippen LogP contribution in [0.25, 0.3) is 0 Å². The molecule has 1 atom stereocenters. The third-order valence-corrected chi connectivity index (χ3v) is 4.20. The van der Waals surface area contributed by atoms with E-state index < -0.39 is 5.97 Å². The fourth-order valence-electron chi connectivity index (χ4n) is 2.68. The van der Waals surface area contributed by atoms with Gasteiger partial charge in [0.1, 0.15) is 0 Å². The smallest absolute Gasteiger partial charge is 0.335 e. The summed E-state index contributed by atoms with van der Waals surface area (Å²) < 4.78 is 0. The fraction of sp³-hybridized carbons (Fsp3) is 0.562. The molecule has 20 heavy (non-hydrogen) atoms. The van der Waals surface area contributed by atoms with Crippen molar-refractivity contribution in [1.82, 2.24) is 9.80 Å². The molecule has 1 unspecified atom stereocenters. The molecular weight excluding hydrogens is 252 g/mol. The fourth-order valence-corrected chi connectivity index (χ4v) is 2.68. The minimum absolute atomic E-state index is 0.376. The molecule has 4 nitrogen and oxygen atoms in total. The number of aromatic carboxylic acids is 1. The number of nitrogens with zero attached hydrogens (tertiary/aromatic N) is 2. The molecule has 1 N–H and O–H groups in total.